The second-order valence-electron chi connectivity index (χ2n) is 4.16. The Morgan fingerprint density at radius 2 is 2.13 bits per heavy atom. The van der Waals surface area contributed by atoms with E-state index in [0.29, 0.717) is 5.92 Å². The number of fused-ring (bicyclic) bond motifs is 1. The summed E-state index contributed by atoms with van der Waals surface area (Å²) in [4.78, 5) is 11.4. The van der Waals surface area contributed by atoms with Crippen LogP contribution >= 0.6 is 0 Å². The van der Waals surface area contributed by atoms with Gasteiger partial charge in [0.15, 0.2) is 6.10 Å². The molecule has 1 atom stereocenters. The summed E-state index contributed by atoms with van der Waals surface area (Å²) >= 11 is 0. The summed E-state index contributed by atoms with van der Waals surface area (Å²) < 4.78 is 5.47. The van der Waals surface area contributed by atoms with Crippen LogP contribution in [0.4, 0.5) is 5.69 Å². The molecule has 1 unspecified atom stereocenters. The molecule has 15 heavy (non-hydrogen) atoms. The van der Waals surface area contributed by atoms with Crippen molar-refractivity contribution in [1.29, 1.82) is 0 Å². The van der Waals surface area contributed by atoms with Crippen LogP contribution < -0.4 is 10.1 Å². The molecule has 1 aliphatic rings. The standard InChI is InChI=1S/C12H15NO2/c1-7(2)9-4-5-11-10(6-9)13-12(14)8(3)15-11/h4-8H,1-3H3,(H,13,14). The number of hydrogen-bond acceptors (Lipinski definition) is 2. The van der Waals surface area contributed by atoms with Crippen LogP contribution in [-0.2, 0) is 4.79 Å². The Morgan fingerprint density at radius 1 is 1.40 bits per heavy atom. The third-order valence-corrected chi connectivity index (χ3v) is 2.60. The maximum Gasteiger partial charge on any atom is 0.265 e. The quantitative estimate of drug-likeness (QED) is 0.765. The fraction of sp³-hybridized carbons (Fsp3) is 0.417. The molecule has 80 valence electrons. The molecule has 1 N–H and O–H groups in total. The van der Waals surface area contributed by atoms with Gasteiger partial charge in [-0.3, -0.25) is 4.79 Å². The highest BCUT2D eigenvalue weighted by molar-refractivity contribution is 5.97. The number of carbonyl (C=O) groups excluding carboxylic acids is 1. The molecule has 1 aromatic rings. The van der Waals surface area contributed by atoms with E-state index in [9.17, 15) is 4.79 Å². The summed E-state index contributed by atoms with van der Waals surface area (Å²) in [6, 6.07) is 5.93. The molecule has 0 radical (unpaired) electrons. The Bertz CT molecular complexity index is 399. The molecule has 1 amide bonds. The van der Waals surface area contributed by atoms with Gasteiger partial charge < -0.3 is 10.1 Å². The van der Waals surface area contributed by atoms with Crippen molar-refractivity contribution in [2.24, 2.45) is 0 Å². The fourth-order valence-corrected chi connectivity index (χ4v) is 1.59. The molecular formula is C12H15NO2. The van der Waals surface area contributed by atoms with Crippen molar-refractivity contribution < 1.29 is 9.53 Å². The van der Waals surface area contributed by atoms with Crippen LogP contribution in [0.15, 0.2) is 18.2 Å². The van der Waals surface area contributed by atoms with Crippen LogP contribution in [0.3, 0.4) is 0 Å². The Morgan fingerprint density at radius 3 is 2.80 bits per heavy atom. The van der Waals surface area contributed by atoms with E-state index in [4.69, 9.17) is 4.74 Å². The van der Waals surface area contributed by atoms with Crippen molar-refractivity contribution in [3.05, 3.63) is 23.8 Å². The smallest absolute Gasteiger partial charge is 0.265 e. The number of amides is 1. The third kappa shape index (κ3) is 1.82. The minimum absolute atomic E-state index is 0.0802. The summed E-state index contributed by atoms with van der Waals surface area (Å²) in [5, 5.41) is 2.84. The van der Waals surface area contributed by atoms with Gasteiger partial charge in [-0.05, 0) is 30.5 Å². The lowest BCUT2D eigenvalue weighted by Crippen LogP contribution is -2.34. The first-order chi connectivity index (χ1) is 7.08. The van der Waals surface area contributed by atoms with Crippen molar-refractivity contribution in [3.8, 4) is 5.75 Å². The lowest BCUT2D eigenvalue weighted by atomic mass is 10.0. The van der Waals surface area contributed by atoms with Gasteiger partial charge in [-0.1, -0.05) is 19.9 Å². The number of anilines is 1. The average Bonchev–Trinajstić information content (AvgIpc) is 2.19. The van der Waals surface area contributed by atoms with E-state index in [-0.39, 0.29) is 5.91 Å². The molecule has 0 bridgehead atoms. The zero-order valence-corrected chi connectivity index (χ0v) is 9.20. The Labute approximate surface area is 89.4 Å². The molecule has 3 heteroatoms. The van der Waals surface area contributed by atoms with Gasteiger partial charge in [-0.2, -0.15) is 0 Å². The van der Waals surface area contributed by atoms with Crippen molar-refractivity contribution in [2.45, 2.75) is 32.8 Å². The summed E-state index contributed by atoms with van der Waals surface area (Å²) in [6.45, 7) is 5.99. The molecule has 1 aromatic carbocycles. The molecule has 2 rings (SSSR count). The molecular weight excluding hydrogens is 190 g/mol. The van der Waals surface area contributed by atoms with Crippen molar-refractivity contribution >= 4 is 11.6 Å². The van der Waals surface area contributed by atoms with Gasteiger partial charge >= 0.3 is 0 Å². The average molecular weight is 205 g/mol. The van der Waals surface area contributed by atoms with E-state index < -0.39 is 6.10 Å². The second-order valence-corrected chi connectivity index (χ2v) is 4.16. The molecule has 0 saturated carbocycles. The fourth-order valence-electron chi connectivity index (χ4n) is 1.59. The third-order valence-electron chi connectivity index (χ3n) is 2.60. The second kappa shape index (κ2) is 3.57. The van der Waals surface area contributed by atoms with E-state index >= 15 is 0 Å². The van der Waals surface area contributed by atoms with Crippen LogP contribution in [0.5, 0.6) is 5.75 Å². The Kier molecular flexibility index (Phi) is 2.39. The van der Waals surface area contributed by atoms with E-state index in [1.807, 2.05) is 18.2 Å². The summed E-state index contributed by atoms with van der Waals surface area (Å²) in [7, 11) is 0. The van der Waals surface area contributed by atoms with Gasteiger partial charge in [-0.25, -0.2) is 0 Å². The lowest BCUT2D eigenvalue weighted by molar-refractivity contribution is -0.122. The summed E-state index contributed by atoms with van der Waals surface area (Å²) in [6.07, 6.45) is -0.401. The maximum atomic E-state index is 11.4. The number of benzene rings is 1. The van der Waals surface area contributed by atoms with Crippen molar-refractivity contribution in [1.82, 2.24) is 0 Å². The molecule has 1 heterocycles. The summed E-state index contributed by atoms with van der Waals surface area (Å²) in [5.41, 5.74) is 1.98. The molecule has 0 aromatic heterocycles. The molecule has 1 aliphatic heterocycles. The number of nitrogens with one attached hydrogen (secondary N) is 1. The lowest BCUT2D eigenvalue weighted by Gasteiger charge is -2.24. The minimum atomic E-state index is -0.401. The molecule has 0 aliphatic carbocycles. The zero-order valence-electron chi connectivity index (χ0n) is 9.20. The first-order valence-electron chi connectivity index (χ1n) is 5.19. The molecule has 0 saturated heterocycles. The van der Waals surface area contributed by atoms with Crippen LogP contribution in [-0.4, -0.2) is 12.0 Å². The van der Waals surface area contributed by atoms with E-state index in [0.717, 1.165) is 11.4 Å². The van der Waals surface area contributed by atoms with Crippen LogP contribution in [0.2, 0.25) is 0 Å². The SMILES string of the molecule is CC1Oc2ccc(C(C)C)cc2NC1=O. The number of rotatable bonds is 1. The van der Waals surface area contributed by atoms with Crippen molar-refractivity contribution in [2.75, 3.05) is 5.32 Å². The largest absolute Gasteiger partial charge is 0.479 e. The van der Waals surface area contributed by atoms with Crippen LogP contribution in [0.25, 0.3) is 0 Å². The predicted octanol–water partition coefficient (Wildman–Crippen LogP) is 2.53. The minimum Gasteiger partial charge on any atom is -0.479 e. The predicted molar refractivity (Wildman–Crippen MR) is 59.3 cm³/mol. The summed E-state index contributed by atoms with van der Waals surface area (Å²) in [5.74, 6) is 1.13. The monoisotopic (exact) mass is 205 g/mol. The van der Waals surface area contributed by atoms with Crippen LogP contribution in [0, 0.1) is 0 Å². The normalized spacial score (nSPS) is 19.5. The van der Waals surface area contributed by atoms with Gasteiger partial charge in [-0.15, -0.1) is 0 Å². The molecule has 0 spiro atoms. The first-order valence-corrected chi connectivity index (χ1v) is 5.19. The van der Waals surface area contributed by atoms with E-state index in [1.54, 1.807) is 6.92 Å². The first kappa shape index (κ1) is 10.0. The highest BCUT2D eigenvalue weighted by Crippen LogP contribution is 2.32. The van der Waals surface area contributed by atoms with Gasteiger partial charge in [0.25, 0.3) is 5.91 Å². The maximum absolute atomic E-state index is 11.4. The number of carbonyl (C=O) groups is 1. The highest BCUT2D eigenvalue weighted by atomic mass is 16.5. The van der Waals surface area contributed by atoms with Crippen LogP contribution in [0.1, 0.15) is 32.3 Å². The number of ether oxygens (including phenoxy) is 1. The van der Waals surface area contributed by atoms with Crippen molar-refractivity contribution in [3.63, 3.8) is 0 Å². The van der Waals surface area contributed by atoms with Gasteiger partial charge in [0, 0.05) is 0 Å². The topological polar surface area (TPSA) is 38.3 Å². The molecule has 0 fully saturated rings. The number of hydrogen-bond donors (Lipinski definition) is 1. The zero-order chi connectivity index (χ0) is 11.0. The van der Waals surface area contributed by atoms with Gasteiger partial charge in [0.1, 0.15) is 5.75 Å². The highest BCUT2D eigenvalue weighted by Gasteiger charge is 2.23. The van der Waals surface area contributed by atoms with E-state index in [1.165, 1.54) is 5.56 Å². The Hall–Kier alpha value is -1.51. The van der Waals surface area contributed by atoms with Gasteiger partial charge in [0.2, 0.25) is 0 Å². The molecule has 3 nitrogen and oxygen atoms in total. The van der Waals surface area contributed by atoms with E-state index in [2.05, 4.69) is 19.2 Å². The Balaban J connectivity index is 2.37. The van der Waals surface area contributed by atoms with Gasteiger partial charge in [0.05, 0.1) is 5.69 Å².